The molecule has 0 aliphatic carbocycles. The zero-order chi connectivity index (χ0) is 8.69. The summed E-state index contributed by atoms with van der Waals surface area (Å²) in [6.07, 6.45) is 0.911. The first-order chi connectivity index (χ1) is 5.20. The molecule has 0 amide bonds. The first-order valence-corrected chi connectivity index (χ1v) is 3.73. The molecule has 4 heteroatoms. The second-order valence-electron chi connectivity index (χ2n) is 2.38. The first kappa shape index (κ1) is 10.4. The Bertz CT molecular complexity index is 117. The lowest BCUT2D eigenvalue weighted by molar-refractivity contribution is -0.139. The van der Waals surface area contributed by atoms with Gasteiger partial charge in [0.05, 0.1) is 13.7 Å². The molecule has 1 atom stereocenters. The third kappa shape index (κ3) is 5.82. The first-order valence-electron chi connectivity index (χ1n) is 3.73. The highest BCUT2D eigenvalue weighted by atomic mass is 16.5. The minimum atomic E-state index is -0.256. The number of hydrogen-bond donors (Lipinski definition) is 2. The smallest absolute Gasteiger partial charge is 0.319 e. The molecule has 0 aliphatic heterocycles. The SMILES string of the molecule is CCC(N)CNCC(=O)OC. The van der Waals surface area contributed by atoms with Gasteiger partial charge in [-0.3, -0.25) is 4.79 Å². The fourth-order valence-electron chi connectivity index (χ4n) is 0.576. The summed E-state index contributed by atoms with van der Waals surface area (Å²) in [6, 6.07) is 0.125. The fourth-order valence-corrected chi connectivity index (χ4v) is 0.576. The van der Waals surface area contributed by atoms with Gasteiger partial charge in [-0.05, 0) is 6.42 Å². The van der Waals surface area contributed by atoms with Crippen molar-refractivity contribution in [2.45, 2.75) is 19.4 Å². The number of carbonyl (C=O) groups is 1. The van der Waals surface area contributed by atoms with Gasteiger partial charge in [0.25, 0.3) is 0 Å². The van der Waals surface area contributed by atoms with E-state index in [0.717, 1.165) is 6.42 Å². The standard InChI is InChI=1S/C7H16N2O2/c1-3-6(8)4-9-5-7(10)11-2/h6,9H,3-5,8H2,1-2H3. The van der Waals surface area contributed by atoms with Crippen LogP contribution in [0.5, 0.6) is 0 Å². The highest BCUT2D eigenvalue weighted by Crippen LogP contribution is 1.81. The topological polar surface area (TPSA) is 64.3 Å². The number of carbonyl (C=O) groups excluding carboxylic acids is 1. The van der Waals surface area contributed by atoms with Crippen molar-refractivity contribution in [3.63, 3.8) is 0 Å². The largest absolute Gasteiger partial charge is 0.468 e. The lowest BCUT2D eigenvalue weighted by Crippen LogP contribution is -2.36. The average molecular weight is 160 g/mol. The number of nitrogens with one attached hydrogen (secondary N) is 1. The molecule has 0 bridgehead atoms. The lowest BCUT2D eigenvalue weighted by Gasteiger charge is -2.08. The van der Waals surface area contributed by atoms with Gasteiger partial charge < -0.3 is 15.8 Å². The highest BCUT2D eigenvalue weighted by molar-refractivity contribution is 5.71. The van der Waals surface area contributed by atoms with Crippen LogP contribution in [0.3, 0.4) is 0 Å². The second-order valence-corrected chi connectivity index (χ2v) is 2.38. The highest BCUT2D eigenvalue weighted by Gasteiger charge is 2.01. The minimum absolute atomic E-state index is 0.125. The van der Waals surface area contributed by atoms with Crippen molar-refractivity contribution in [2.24, 2.45) is 5.73 Å². The zero-order valence-corrected chi connectivity index (χ0v) is 7.09. The molecule has 0 saturated carbocycles. The van der Waals surface area contributed by atoms with Crippen molar-refractivity contribution in [1.29, 1.82) is 0 Å². The Morgan fingerprint density at radius 3 is 2.82 bits per heavy atom. The maximum atomic E-state index is 10.6. The third-order valence-corrected chi connectivity index (χ3v) is 1.43. The molecule has 0 heterocycles. The molecule has 4 nitrogen and oxygen atoms in total. The Balaban J connectivity index is 3.20. The monoisotopic (exact) mass is 160 g/mol. The van der Waals surface area contributed by atoms with E-state index < -0.39 is 0 Å². The zero-order valence-electron chi connectivity index (χ0n) is 7.09. The predicted octanol–water partition coefficient (Wildman–Crippen LogP) is -0.514. The maximum Gasteiger partial charge on any atom is 0.319 e. The molecule has 0 saturated heterocycles. The summed E-state index contributed by atoms with van der Waals surface area (Å²) in [6.45, 7) is 2.90. The van der Waals surface area contributed by atoms with Crippen LogP contribution in [-0.4, -0.2) is 32.2 Å². The van der Waals surface area contributed by atoms with Crippen LogP contribution in [0.25, 0.3) is 0 Å². The van der Waals surface area contributed by atoms with Crippen LogP contribution in [0, 0.1) is 0 Å². The van der Waals surface area contributed by atoms with E-state index in [9.17, 15) is 4.79 Å². The molecule has 0 rings (SSSR count). The van der Waals surface area contributed by atoms with E-state index in [1.807, 2.05) is 6.92 Å². The number of esters is 1. The normalized spacial score (nSPS) is 12.6. The molecule has 0 aliphatic rings. The Labute approximate surface area is 67.1 Å². The number of hydrogen-bond acceptors (Lipinski definition) is 4. The van der Waals surface area contributed by atoms with Crippen LogP contribution in [0.4, 0.5) is 0 Å². The Morgan fingerprint density at radius 2 is 2.36 bits per heavy atom. The van der Waals surface area contributed by atoms with E-state index in [1.165, 1.54) is 7.11 Å². The van der Waals surface area contributed by atoms with E-state index in [0.29, 0.717) is 6.54 Å². The Hall–Kier alpha value is -0.610. The van der Waals surface area contributed by atoms with Gasteiger partial charge in [0, 0.05) is 12.6 Å². The molecule has 0 spiro atoms. The molecule has 0 aromatic rings. The van der Waals surface area contributed by atoms with Crippen molar-refractivity contribution in [3.8, 4) is 0 Å². The molecular formula is C7H16N2O2. The summed E-state index contributed by atoms with van der Waals surface area (Å²) < 4.78 is 4.42. The molecular weight excluding hydrogens is 144 g/mol. The molecule has 0 aromatic carbocycles. The summed E-state index contributed by atoms with van der Waals surface area (Å²) in [7, 11) is 1.36. The van der Waals surface area contributed by atoms with Crippen molar-refractivity contribution >= 4 is 5.97 Å². The lowest BCUT2D eigenvalue weighted by atomic mass is 10.2. The van der Waals surface area contributed by atoms with Crippen molar-refractivity contribution in [2.75, 3.05) is 20.2 Å². The quantitative estimate of drug-likeness (QED) is 0.531. The van der Waals surface area contributed by atoms with Gasteiger partial charge in [-0.15, -0.1) is 0 Å². The van der Waals surface area contributed by atoms with E-state index in [1.54, 1.807) is 0 Å². The van der Waals surface area contributed by atoms with Gasteiger partial charge >= 0.3 is 5.97 Å². The Kier molecular flexibility index (Phi) is 5.78. The number of rotatable bonds is 5. The molecule has 0 fully saturated rings. The molecule has 3 N–H and O–H groups in total. The van der Waals surface area contributed by atoms with E-state index in [2.05, 4.69) is 10.1 Å². The molecule has 66 valence electrons. The van der Waals surface area contributed by atoms with Gasteiger partial charge in [-0.1, -0.05) is 6.92 Å². The van der Waals surface area contributed by atoms with Crippen LogP contribution in [0.15, 0.2) is 0 Å². The molecule has 1 unspecified atom stereocenters. The van der Waals surface area contributed by atoms with E-state index in [-0.39, 0.29) is 18.6 Å². The van der Waals surface area contributed by atoms with Crippen LogP contribution in [0.1, 0.15) is 13.3 Å². The van der Waals surface area contributed by atoms with Crippen molar-refractivity contribution < 1.29 is 9.53 Å². The summed E-state index contributed by atoms with van der Waals surface area (Å²) in [5, 5.41) is 2.89. The maximum absolute atomic E-state index is 10.6. The number of methoxy groups -OCH3 is 1. The number of ether oxygens (including phenoxy) is 1. The van der Waals surface area contributed by atoms with Gasteiger partial charge in [0.1, 0.15) is 0 Å². The predicted molar refractivity (Wildman–Crippen MR) is 43.2 cm³/mol. The molecule has 0 aromatic heterocycles. The van der Waals surface area contributed by atoms with Gasteiger partial charge in [-0.25, -0.2) is 0 Å². The van der Waals surface area contributed by atoms with E-state index in [4.69, 9.17) is 5.73 Å². The second kappa shape index (κ2) is 6.12. The van der Waals surface area contributed by atoms with Crippen LogP contribution in [0.2, 0.25) is 0 Å². The third-order valence-electron chi connectivity index (χ3n) is 1.43. The summed E-state index contributed by atoms with van der Waals surface area (Å²) in [4.78, 5) is 10.6. The van der Waals surface area contributed by atoms with Gasteiger partial charge in [0.15, 0.2) is 0 Å². The Morgan fingerprint density at radius 1 is 1.73 bits per heavy atom. The van der Waals surface area contributed by atoms with Crippen LogP contribution in [-0.2, 0) is 9.53 Å². The summed E-state index contributed by atoms with van der Waals surface area (Å²) in [5.74, 6) is -0.256. The average Bonchev–Trinajstić information content (AvgIpc) is 2.04. The van der Waals surface area contributed by atoms with Crippen LogP contribution < -0.4 is 11.1 Å². The molecule has 11 heavy (non-hydrogen) atoms. The summed E-state index contributed by atoms with van der Waals surface area (Å²) in [5.41, 5.74) is 5.59. The number of nitrogens with two attached hydrogens (primary N) is 1. The fraction of sp³-hybridized carbons (Fsp3) is 0.857. The van der Waals surface area contributed by atoms with Crippen molar-refractivity contribution in [1.82, 2.24) is 5.32 Å². The van der Waals surface area contributed by atoms with Crippen LogP contribution >= 0.6 is 0 Å². The van der Waals surface area contributed by atoms with Crippen molar-refractivity contribution in [3.05, 3.63) is 0 Å². The van der Waals surface area contributed by atoms with E-state index >= 15 is 0 Å². The summed E-state index contributed by atoms with van der Waals surface area (Å²) >= 11 is 0. The van der Waals surface area contributed by atoms with Gasteiger partial charge in [0.2, 0.25) is 0 Å². The minimum Gasteiger partial charge on any atom is -0.468 e. The molecule has 0 radical (unpaired) electrons. The van der Waals surface area contributed by atoms with Gasteiger partial charge in [-0.2, -0.15) is 0 Å².